The summed E-state index contributed by atoms with van der Waals surface area (Å²) in [5, 5.41) is 6.66. The van der Waals surface area contributed by atoms with Gasteiger partial charge in [-0.25, -0.2) is 4.79 Å². The highest BCUT2D eigenvalue weighted by atomic mass is 79.9. The Bertz CT molecular complexity index is 918. The second-order valence-electron chi connectivity index (χ2n) is 7.08. The fraction of sp³-hybridized carbons (Fsp3) is 0.333. The number of halogens is 1. The minimum Gasteiger partial charge on any atom is -0.494 e. The first-order valence-electron chi connectivity index (χ1n) is 9.24. The van der Waals surface area contributed by atoms with Gasteiger partial charge in [0.2, 0.25) is 0 Å². The fourth-order valence-electron chi connectivity index (χ4n) is 2.82. The Hall–Kier alpha value is -2.19. The van der Waals surface area contributed by atoms with E-state index < -0.39 is 11.7 Å². The summed E-state index contributed by atoms with van der Waals surface area (Å²) in [5.41, 5.74) is 2.11. The monoisotopic (exact) mass is 478 g/mol. The Morgan fingerprint density at radius 3 is 2.90 bits per heavy atom. The van der Waals surface area contributed by atoms with Crippen LogP contribution < -0.4 is 10.1 Å². The van der Waals surface area contributed by atoms with Gasteiger partial charge in [-0.1, -0.05) is 21.1 Å². The van der Waals surface area contributed by atoms with Crippen LogP contribution in [-0.4, -0.2) is 18.9 Å². The zero-order valence-electron chi connectivity index (χ0n) is 16.5. The van der Waals surface area contributed by atoms with E-state index >= 15 is 0 Å². The molecular weight excluding hydrogens is 456 g/mol. The van der Waals surface area contributed by atoms with Crippen molar-refractivity contribution in [1.29, 1.82) is 0 Å². The van der Waals surface area contributed by atoms with Gasteiger partial charge in [0.1, 0.15) is 23.4 Å². The molecule has 3 rings (SSSR count). The van der Waals surface area contributed by atoms with Crippen LogP contribution in [-0.2, 0) is 14.6 Å². The van der Waals surface area contributed by atoms with Gasteiger partial charge in [0.25, 0.3) is 0 Å². The molecular formula is C21H23BrN2O4S. The van der Waals surface area contributed by atoms with Crippen LogP contribution in [0.2, 0.25) is 0 Å². The van der Waals surface area contributed by atoms with E-state index in [2.05, 4.69) is 26.4 Å². The standard InChI is InChI=1S/C21H23BrN2O4S/c1-14-12-16(7-8-18(14)22)29-28-23-10-4-5-11-26-15-6-9-19-17(13-15)21(2,3)27-20(25)24-19/h6-10,12-13H,4-5,11H2,1-3H3,(H,24,25). The molecule has 6 nitrogen and oxygen atoms in total. The van der Waals surface area contributed by atoms with Crippen LogP contribution in [0.4, 0.5) is 10.5 Å². The van der Waals surface area contributed by atoms with Gasteiger partial charge in [-0.05, 0) is 75.6 Å². The number of ether oxygens (including phenoxy) is 2. The number of amides is 1. The molecule has 0 atom stereocenters. The minimum atomic E-state index is -0.688. The smallest absolute Gasteiger partial charge is 0.412 e. The van der Waals surface area contributed by atoms with Crippen molar-refractivity contribution >= 4 is 46.0 Å². The highest BCUT2D eigenvalue weighted by Crippen LogP contribution is 2.37. The molecule has 0 bridgehead atoms. The second kappa shape index (κ2) is 9.54. The van der Waals surface area contributed by atoms with E-state index in [-0.39, 0.29) is 0 Å². The van der Waals surface area contributed by atoms with E-state index in [1.807, 2.05) is 57.2 Å². The van der Waals surface area contributed by atoms with Crippen molar-refractivity contribution in [3.8, 4) is 5.75 Å². The normalized spacial score (nSPS) is 14.8. The number of unbranched alkanes of at least 4 members (excludes halogenated alkanes) is 1. The molecule has 1 heterocycles. The first-order chi connectivity index (χ1) is 13.8. The number of nitrogens with zero attached hydrogens (tertiary/aromatic N) is 1. The molecule has 0 saturated heterocycles. The first kappa shape index (κ1) is 21.5. The zero-order valence-corrected chi connectivity index (χ0v) is 18.9. The van der Waals surface area contributed by atoms with E-state index in [1.165, 1.54) is 12.0 Å². The Kier molecular flexibility index (Phi) is 7.08. The molecule has 0 radical (unpaired) electrons. The largest absolute Gasteiger partial charge is 0.494 e. The van der Waals surface area contributed by atoms with Crippen molar-refractivity contribution in [2.45, 2.75) is 44.1 Å². The number of fused-ring (bicyclic) bond motifs is 1. The molecule has 0 fully saturated rings. The molecule has 1 N–H and O–H groups in total. The number of nitrogens with one attached hydrogen (secondary N) is 1. The highest BCUT2D eigenvalue weighted by Gasteiger charge is 2.33. The van der Waals surface area contributed by atoms with Crippen LogP contribution in [0.25, 0.3) is 0 Å². The summed E-state index contributed by atoms with van der Waals surface area (Å²) in [6, 6.07) is 11.6. The maximum absolute atomic E-state index is 11.6. The van der Waals surface area contributed by atoms with Gasteiger partial charge in [-0.15, -0.1) is 0 Å². The van der Waals surface area contributed by atoms with Gasteiger partial charge in [0, 0.05) is 16.3 Å². The summed E-state index contributed by atoms with van der Waals surface area (Å²) in [4.78, 5) is 12.6. The number of anilines is 1. The molecule has 2 aromatic carbocycles. The fourth-order valence-corrected chi connectivity index (χ4v) is 3.61. The number of hydrogen-bond donors (Lipinski definition) is 1. The Morgan fingerprint density at radius 2 is 2.10 bits per heavy atom. The molecule has 0 unspecified atom stereocenters. The molecule has 0 aliphatic carbocycles. The molecule has 29 heavy (non-hydrogen) atoms. The van der Waals surface area contributed by atoms with Crippen LogP contribution in [0.15, 0.2) is 50.9 Å². The van der Waals surface area contributed by atoms with E-state index in [0.717, 1.165) is 44.8 Å². The SMILES string of the molecule is Cc1cc(SON=CCCCOc2ccc3c(c2)C(C)(C)OC(=O)N3)ccc1Br. The Balaban J connectivity index is 1.39. The maximum Gasteiger partial charge on any atom is 0.412 e. The number of rotatable bonds is 8. The molecule has 0 aromatic heterocycles. The topological polar surface area (TPSA) is 69.1 Å². The highest BCUT2D eigenvalue weighted by molar-refractivity contribution is 9.10. The lowest BCUT2D eigenvalue weighted by molar-refractivity contribution is 0.0418. The van der Waals surface area contributed by atoms with Gasteiger partial charge in [0.05, 0.1) is 17.2 Å². The zero-order chi connectivity index (χ0) is 20.9. The average molecular weight is 479 g/mol. The van der Waals surface area contributed by atoms with E-state index in [0.29, 0.717) is 6.61 Å². The number of benzene rings is 2. The third-order valence-corrected chi connectivity index (χ3v) is 5.85. The molecule has 0 saturated carbocycles. The number of aryl methyl sites for hydroxylation is 1. The number of oxime groups is 1. The number of carbonyl (C=O) groups is 1. The third-order valence-electron chi connectivity index (χ3n) is 4.35. The van der Waals surface area contributed by atoms with Crippen molar-refractivity contribution in [2.24, 2.45) is 5.16 Å². The van der Waals surface area contributed by atoms with Crippen LogP contribution in [0.3, 0.4) is 0 Å². The molecule has 8 heteroatoms. The minimum absolute atomic E-state index is 0.439. The molecule has 2 aromatic rings. The lowest BCUT2D eigenvalue weighted by atomic mass is 9.94. The van der Waals surface area contributed by atoms with Crippen molar-refractivity contribution in [1.82, 2.24) is 0 Å². The maximum atomic E-state index is 11.6. The van der Waals surface area contributed by atoms with Crippen LogP contribution in [0.5, 0.6) is 5.75 Å². The molecule has 1 amide bonds. The molecule has 0 spiro atoms. The summed E-state index contributed by atoms with van der Waals surface area (Å²) < 4.78 is 17.5. The van der Waals surface area contributed by atoms with Crippen LogP contribution >= 0.6 is 28.0 Å². The molecule has 154 valence electrons. The van der Waals surface area contributed by atoms with Gasteiger partial charge < -0.3 is 13.8 Å². The van der Waals surface area contributed by atoms with Gasteiger partial charge >= 0.3 is 6.09 Å². The number of hydrogen-bond acceptors (Lipinski definition) is 6. The Morgan fingerprint density at radius 1 is 1.28 bits per heavy atom. The van der Waals surface area contributed by atoms with Crippen molar-refractivity contribution in [3.05, 3.63) is 52.0 Å². The van der Waals surface area contributed by atoms with E-state index in [1.54, 1.807) is 6.21 Å². The van der Waals surface area contributed by atoms with Gasteiger partial charge in [0.15, 0.2) is 0 Å². The van der Waals surface area contributed by atoms with E-state index in [9.17, 15) is 4.79 Å². The summed E-state index contributed by atoms with van der Waals surface area (Å²) in [5.74, 6) is 0.742. The van der Waals surface area contributed by atoms with Gasteiger partial charge in [-0.3, -0.25) is 5.32 Å². The third kappa shape index (κ3) is 5.90. The van der Waals surface area contributed by atoms with Crippen molar-refractivity contribution in [2.75, 3.05) is 11.9 Å². The quantitative estimate of drug-likeness (QED) is 0.205. The first-order valence-corrected chi connectivity index (χ1v) is 10.8. The van der Waals surface area contributed by atoms with Crippen molar-refractivity contribution < 1.29 is 18.6 Å². The molecule has 1 aliphatic rings. The Labute approximate surface area is 183 Å². The van der Waals surface area contributed by atoms with Gasteiger partial charge in [-0.2, -0.15) is 0 Å². The number of carbonyl (C=O) groups excluding carboxylic acids is 1. The summed E-state index contributed by atoms with van der Waals surface area (Å²) in [6.45, 7) is 6.30. The van der Waals surface area contributed by atoms with Crippen LogP contribution in [0.1, 0.15) is 37.8 Å². The average Bonchev–Trinajstić information content (AvgIpc) is 2.66. The summed E-state index contributed by atoms with van der Waals surface area (Å²) >= 11 is 4.70. The van der Waals surface area contributed by atoms with Crippen molar-refractivity contribution in [3.63, 3.8) is 0 Å². The predicted octanol–water partition coefficient (Wildman–Crippen LogP) is 6.42. The predicted molar refractivity (Wildman–Crippen MR) is 119 cm³/mol. The summed E-state index contributed by atoms with van der Waals surface area (Å²) in [7, 11) is 0. The lowest BCUT2D eigenvalue weighted by Gasteiger charge is -2.32. The number of cyclic esters (lactones) is 1. The lowest BCUT2D eigenvalue weighted by Crippen LogP contribution is -2.34. The molecule has 1 aliphatic heterocycles. The summed E-state index contributed by atoms with van der Waals surface area (Å²) in [6.07, 6.45) is 2.85. The second-order valence-corrected chi connectivity index (χ2v) is 8.72. The van der Waals surface area contributed by atoms with E-state index in [4.69, 9.17) is 13.8 Å². The van der Waals surface area contributed by atoms with Crippen LogP contribution in [0, 0.1) is 6.92 Å².